The van der Waals surface area contributed by atoms with Crippen LogP contribution in [0.3, 0.4) is 0 Å². The topological polar surface area (TPSA) is 76.2 Å². The molecule has 2 rings (SSSR count). The van der Waals surface area contributed by atoms with E-state index in [-0.39, 0.29) is 15.8 Å². The van der Waals surface area contributed by atoms with E-state index in [0.717, 1.165) is 24.0 Å². The summed E-state index contributed by atoms with van der Waals surface area (Å²) in [6, 6.07) is 0.903. The average molecular weight is 240 g/mol. The second-order valence-electron chi connectivity index (χ2n) is 2.71. The first-order chi connectivity index (χ1) is 7.66. The molecule has 0 unspecified atom stereocenters. The normalized spacial score (nSPS) is 10.3. The Morgan fingerprint density at radius 1 is 1.50 bits per heavy atom. The summed E-state index contributed by atoms with van der Waals surface area (Å²) in [5, 5.41) is 9.23. The van der Waals surface area contributed by atoms with Gasteiger partial charge in [-0.3, -0.25) is 0 Å². The fraction of sp³-hybridized carbons (Fsp3) is 0. The van der Waals surface area contributed by atoms with Crippen LogP contribution in [0.2, 0.25) is 0 Å². The second kappa shape index (κ2) is 4.31. The Bertz CT molecular complexity index is 515. The molecule has 0 aliphatic rings. The molecule has 16 heavy (non-hydrogen) atoms. The minimum atomic E-state index is -1.25. The third-order valence-corrected chi connectivity index (χ3v) is 2.54. The molecule has 0 fully saturated rings. The molecular formula is C9H5FN2O3S. The highest BCUT2D eigenvalue weighted by Crippen LogP contribution is 2.27. The minimum Gasteiger partial charge on any atom is -0.478 e. The maximum absolute atomic E-state index is 12.8. The smallest absolute Gasteiger partial charge is 0.338 e. The highest BCUT2D eigenvalue weighted by molar-refractivity contribution is 7.99. The van der Waals surface area contributed by atoms with Crippen LogP contribution in [0, 0.1) is 5.82 Å². The number of pyridine rings is 1. The third kappa shape index (κ3) is 2.19. The average Bonchev–Trinajstić information content (AvgIpc) is 2.73. The van der Waals surface area contributed by atoms with Gasteiger partial charge in [0.15, 0.2) is 0 Å². The molecule has 0 aliphatic heterocycles. The molecule has 5 nitrogen and oxygen atoms in total. The quantitative estimate of drug-likeness (QED) is 0.884. The van der Waals surface area contributed by atoms with Crippen molar-refractivity contribution in [2.75, 3.05) is 0 Å². The van der Waals surface area contributed by atoms with Crippen molar-refractivity contribution in [1.82, 2.24) is 9.97 Å². The molecule has 2 heterocycles. The van der Waals surface area contributed by atoms with Crippen molar-refractivity contribution in [1.29, 1.82) is 0 Å². The number of rotatable bonds is 3. The monoisotopic (exact) mass is 240 g/mol. The van der Waals surface area contributed by atoms with E-state index in [9.17, 15) is 9.18 Å². The lowest BCUT2D eigenvalue weighted by atomic mass is 10.3. The van der Waals surface area contributed by atoms with E-state index in [4.69, 9.17) is 9.52 Å². The molecule has 2 aromatic heterocycles. The number of hydrogen-bond donors (Lipinski definition) is 1. The van der Waals surface area contributed by atoms with Gasteiger partial charge in [-0.2, -0.15) is 0 Å². The lowest BCUT2D eigenvalue weighted by Crippen LogP contribution is -2.01. The SMILES string of the molecule is O=C(O)c1cc(F)cnc1Sc1ncco1. The maximum atomic E-state index is 12.8. The molecule has 0 bridgehead atoms. The molecule has 82 valence electrons. The number of halogens is 1. The lowest BCUT2D eigenvalue weighted by molar-refractivity contribution is 0.0691. The number of aromatic carboxylic acids is 1. The van der Waals surface area contributed by atoms with Crippen LogP contribution in [-0.2, 0) is 0 Å². The number of hydrogen-bond acceptors (Lipinski definition) is 5. The predicted molar refractivity (Wildman–Crippen MR) is 51.8 cm³/mol. The van der Waals surface area contributed by atoms with Gasteiger partial charge in [-0.15, -0.1) is 0 Å². The number of carbonyl (C=O) groups is 1. The first kappa shape index (κ1) is 10.6. The van der Waals surface area contributed by atoms with Crippen LogP contribution in [0.5, 0.6) is 0 Å². The van der Waals surface area contributed by atoms with Crippen LogP contribution in [0.25, 0.3) is 0 Å². The summed E-state index contributed by atoms with van der Waals surface area (Å²) >= 11 is 0.922. The van der Waals surface area contributed by atoms with E-state index in [1.165, 1.54) is 12.5 Å². The van der Waals surface area contributed by atoms with Crippen molar-refractivity contribution in [2.24, 2.45) is 0 Å². The van der Waals surface area contributed by atoms with E-state index in [2.05, 4.69) is 9.97 Å². The summed E-state index contributed by atoms with van der Waals surface area (Å²) in [5.41, 5.74) is -0.219. The van der Waals surface area contributed by atoms with Crippen LogP contribution >= 0.6 is 11.8 Å². The summed E-state index contributed by atoms with van der Waals surface area (Å²) in [6.07, 6.45) is 3.72. The fourth-order valence-electron chi connectivity index (χ4n) is 1.00. The van der Waals surface area contributed by atoms with Crippen molar-refractivity contribution < 1.29 is 18.7 Å². The van der Waals surface area contributed by atoms with Crippen LogP contribution in [0.15, 0.2) is 39.4 Å². The Labute approximate surface area is 93.3 Å². The van der Waals surface area contributed by atoms with Gasteiger partial charge in [0, 0.05) is 0 Å². The van der Waals surface area contributed by atoms with Gasteiger partial charge in [-0.25, -0.2) is 19.2 Å². The van der Waals surface area contributed by atoms with Gasteiger partial charge >= 0.3 is 5.97 Å². The summed E-state index contributed by atoms with van der Waals surface area (Å²) in [5.74, 6) is -1.95. The van der Waals surface area contributed by atoms with Crippen LogP contribution in [-0.4, -0.2) is 21.0 Å². The highest BCUT2D eigenvalue weighted by Gasteiger charge is 2.15. The van der Waals surface area contributed by atoms with Crippen molar-refractivity contribution in [2.45, 2.75) is 10.2 Å². The zero-order chi connectivity index (χ0) is 11.5. The molecule has 0 amide bonds. The Kier molecular flexibility index (Phi) is 2.86. The van der Waals surface area contributed by atoms with Gasteiger partial charge in [0.2, 0.25) is 0 Å². The third-order valence-electron chi connectivity index (χ3n) is 1.64. The predicted octanol–water partition coefficient (Wildman–Crippen LogP) is 2.06. The zero-order valence-electron chi connectivity index (χ0n) is 7.75. The maximum Gasteiger partial charge on any atom is 0.338 e. The molecule has 1 N–H and O–H groups in total. The molecule has 0 aliphatic carbocycles. The molecule has 0 saturated heterocycles. The molecule has 0 spiro atoms. The first-order valence-electron chi connectivity index (χ1n) is 4.13. The summed E-state index contributed by atoms with van der Waals surface area (Å²) < 4.78 is 17.7. The van der Waals surface area contributed by atoms with Crippen molar-refractivity contribution in [3.63, 3.8) is 0 Å². The van der Waals surface area contributed by atoms with Gasteiger partial charge in [-0.05, 0) is 17.8 Å². The largest absolute Gasteiger partial charge is 0.478 e. The number of nitrogens with zero attached hydrogens (tertiary/aromatic N) is 2. The Balaban J connectivity index is 2.36. The van der Waals surface area contributed by atoms with Crippen LogP contribution in [0.4, 0.5) is 4.39 Å². The number of carboxylic acids is 1. The van der Waals surface area contributed by atoms with Gasteiger partial charge in [0.1, 0.15) is 17.1 Å². The van der Waals surface area contributed by atoms with E-state index in [0.29, 0.717) is 0 Å². The molecule has 0 aromatic carbocycles. The minimum absolute atomic E-state index is 0.136. The summed E-state index contributed by atoms with van der Waals surface area (Å²) in [4.78, 5) is 18.3. The molecule has 0 radical (unpaired) electrons. The van der Waals surface area contributed by atoms with E-state index >= 15 is 0 Å². The molecule has 2 aromatic rings. The van der Waals surface area contributed by atoms with Crippen LogP contribution in [0.1, 0.15) is 10.4 Å². The van der Waals surface area contributed by atoms with Gasteiger partial charge in [0.05, 0.1) is 18.0 Å². The lowest BCUT2D eigenvalue weighted by Gasteiger charge is -2.01. The Hall–Kier alpha value is -1.89. The van der Waals surface area contributed by atoms with Crippen molar-refractivity contribution in [3.8, 4) is 0 Å². The summed E-state index contributed by atoms with van der Waals surface area (Å²) in [7, 11) is 0. The van der Waals surface area contributed by atoms with Crippen molar-refractivity contribution >= 4 is 17.7 Å². The number of oxazole rings is 1. The van der Waals surface area contributed by atoms with E-state index in [1.54, 1.807) is 0 Å². The molecule has 0 atom stereocenters. The van der Waals surface area contributed by atoms with E-state index in [1.807, 2.05) is 0 Å². The van der Waals surface area contributed by atoms with Gasteiger partial charge in [0.25, 0.3) is 5.22 Å². The van der Waals surface area contributed by atoms with Gasteiger partial charge < -0.3 is 9.52 Å². The second-order valence-corrected chi connectivity index (χ2v) is 3.65. The Morgan fingerprint density at radius 3 is 2.94 bits per heavy atom. The number of carboxylic acid groups (broad SMARTS) is 1. The highest BCUT2D eigenvalue weighted by atomic mass is 32.2. The van der Waals surface area contributed by atoms with Crippen LogP contribution < -0.4 is 0 Å². The first-order valence-corrected chi connectivity index (χ1v) is 4.94. The number of aromatic nitrogens is 2. The molecule has 0 saturated carbocycles. The molecule has 7 heteroatoms. The molecular weight excluding hydrogens is 235 g/mol. The van der Waals surface area contributed by atoms with Crippen molar-refractivity contribution in [3.05, 3.63) is 36.1 Å². The standard InChI is InChI=1S/C9H5FN2O3S/c10-5-3-6(8(13)14)7(12-4-5)16-9-11-1-2-15-9/h1-4H,(H,13,14). The van der Waals surface area contributed by atoms with Gasteiger partial charge in [-0.1, -0.05) is 0 Å². The van der Waals surface area contributed by atoms with E-state index < -0.39 is 11.8 Å². The Morgan fingerprint density at radius 2 is 2.31 bits per heavy atom. The fourth-order valence-corrected chi connectivity index (χ4v) is 1.75. The zero-order valence-corrected chi connectivity index (χ0v) is 8.57. The summed E-state index contributed by atoms with van der Waals surface area (Å²) in [6.45, 7) is 0.